The zero-order valence-electron chi connectivity index (χ0n) is 35.0. The molecule has 5 aromatic carbocycles. The van der Waals surface area contributed by atoms with E-state index in [1.54, 1.807) is 9.96 Å². The summed E-state index contributed by atoms with van der Waals surface area (Å²) in [5.41, 5.74) is 12.5. The zero-order chi connectivity index (χ0) is 39.7. The summed E-state index contributed by atoms with van der Waals surface area (Å²) in [4.78, 5) is 9.92. The van der Waals surface area contributed by atoms with Gasteiger partial charge in [0.2, 0.25) is 0 Å². The van der Waals surface area contributed by atoms with Crippen LogP contribution in [0.15, 0.2) is 120 Å². The van der Waals surface area contributed by atoms with Gasteiger partial charge in [0.15, 0.2) is 0 Å². The Kier molecular flexibility index (Phi) is 12.9. The van der Waals surface area contributed by atoms with E-state index in [0.717, 1.165) is 61.5 Å². The third-order valence-electron chi connectivity index (χ3n) is 11.7. The minimum Gasteiger partial charge on any atom is 0 e. The number of aromatic nitrogens is 3. The minimum absolute atomic E-state index is 0. The second-order valence-corrected chi connectivity index (χ2v) is 28.1. The number of pyridine rings is 1. The van der Waals surface area contributed by atoms with Crippen LogP contribution in [0.25, 0.3) is 61.3 Å². The first kappa shape index (κ1) is 41.9. The number of hydrogen-bond acceptors (Lipinski definition) is 3. The largest absolute Gasteiger partial charge is 0 e. The van der Waals surface area contributed by atoms with Gasteiger partial charge in [0.05, 0.1) is 22.4 Å². The second-order valence-electron chi connectivity index (χ2n) is 17.5. The van der Waals surface area contributed by atoms with Crippen molar-refractivity contribution in [1.82, 2.24) is 14.5 Å². The smallest absolute Gasteiger partial charge is 0 e. The van der Waals surface area contributed by atoms with Gasteiger partial charge in [-0.3, -0.25) is 4.98 Å². The molecule has 1 saturated carbocycles. The number of benzene rings is 5. The molecular weight excluding hydrogens is 947 g/mol. The van der Waals surface area contributed by atoms with Crippen LogP contribution in [0.1, 0.15) is 88.3 Å². The minimum atomic E-state index is -1.89. The summed E-state index contributed by atoms with van der Waals surface area (Å²) in [7, 11) is 0. The van der Waals surface area contributed by atoms with Crippen LogP contribution in [0.3, 0.4) is 0 Å². The first-order valence-electron chi connectivity index (χ1n) is 21.0. The van der Waals surface area contributed by atoms with Gasteiger partial charge in [-0.1, -0.05) is 81.6 Å². The van der Waals surface area contributed by atoms with Gasteiger partial charge < -0.3 is 8.98 Å². The molecule has 1 radical (unpaired) electrons. The number of hydrogen-bond donors (Lipinski definition) is 0. The number of furan rings is 1. The number of fused-ring (bicyclic) bond motifs is 4. The van der Waals surface area contributed by atoms with E-state index in [9.17, 15) is 0 Å². The molecule has 9 rings (SSSR count). The molecule has 6 heteroatoms. The van der Waals surface area contributed by atoms with Crippen LogP contribution in [-0.2, 0) is 26.5 Å². The number of para-hydroxylation sites is 4. The van der Waals surface area contributed by atoms with Crippen LogP contribution in [0.4, 0.5) is 0 Å². The van der Waals surface area contributed by atoms with Crippen molar-refractivity contribution in [1.29, 1.82) is 0 Å². The molecular formula is C52H55GeIrN3O-2. The van der Waals surface area contributed by atoms with Crippen LogP contribution >= 0.6 is 0 Å². The Hall–Kier alpha value is -4.29. The van der Waals surface area contributed by atoms with Crippen molar-refractivity contribution in [3.8, 4) is 28.3 Å². The number of imidazole rings is 1. The molecule has 3 heterocycles. The van der Waals surface area contributed by atoms with Crippen LogP contribution in [0.2, 0.25) is 17.3 Å². The standard InChI is InChI=1S/C31H27N2O.C21H28GeN.Ir/c1-19(2)22-11-9-12-23(20(3)4)30(22)33-27-14-7-6-13-26(27)32-31(33)21-16-17-29-25(18-21)24-10-5-8-15-28(24)34-29;1-22(2,3)20-16-23-21(18-12-8-5-9-13-18)15-19(20)14-17-10-6-4-7-11-17;/h5-15,17-20H,1-4H3;5,8-9,12,15-17H,4,6-7,10-11,14H2,1-3H3;/q2*-1;. The molecule has 0 spiro atoms. The molecule has 0 N–H and O–H groups in total. The summed E-state index contributed by atoms with van der Waals surface area (Å²) < 4.78 is 10.00. The van der Waals surface area contributed by atoms with Crippen LogP contribution in [0.5, 0.6) is 0 Å². The summed E-state index contributed by atoms with van der Waals surface area (Å²) in [6, 6.07) is 44.8. The maximum atomic E-state index is 6.06. The average Bonchev–Trinajstić information content (AvgIpc) is 3.79. The maximum absolute atomic E-state index is 6.06. The SMILES string of the molecule is CC(C)c1cccc(C(C)C)c1-n1c(-c2[c-]cc3oc4ccccc4c3c2)nc2ccccc21.[CH3][Ge]([CH3])([CH3])[c]1cnc(-c2[c-]cccc2)cc1CC1CCCCC1.[Ir]. The molecule has 1 aliphatic carbocycles. The Morgan fingerprint density at radius 2 is 1.45 bits per heavy atom. The molecule has 0 aliphatic heterocycles. The fourth-order valence-corrected chi connectivity index (χ4v) is 12.1. The fourth-order valence-electron chi connectivity index (χ4n) is 8.75. The molecule has 0 atom stereocenters. The molecule has 0 unspecified atom stereocenters. The maximum Gasteiger partial charge on any atom is 0 e. The first-order chi connectivity index (χ1) is 27.6. The predicted molar refractivity (Wildman–Crippen MR) is 243 cm³/mol. The van der Waals surface area contributed by atoms with Crippen molar-refractivity contribution >= 4 is 50.6 Å². The third kappa shape index (κ3) is 8.69. The molecule has 0 saturated heterocycles. The Balaban J connectivity index is 0.000000187. The first-order valence-corrected chi connectivity index (χ1v) is 28.3. The van der Waals surface area contributed by atoms with Crippen LogP contribution in [-0.4, -0.2) is 27.8 Å². The summed E-state index contributed by atoms with van der Waals surface area (Å²) >= 11 is -1.89. The third-order valence-corrected chi connectivity index (χ3v) is 16.0. The fraction of sp³-hybridized carbons (Fsp3) is 0.308. The van der Waals surface area contributed by atoms with Gasteiger partial charge in [0, 0.05) is 31.2 Å². The van der Waals surface area contributed by atoms with Crippen molar-refractivity contribution in [2.75, 3.05) is 0 Å². The van der Waals surface area contributed by atoms with Gasteiger partial charge in [0.25, 0.3) is 0 Å². The van der Waals surface area contributed by atoms with Gasteiger partial charge in [-0.25, -0.2) is 0 Å². The molecule has 0 bridgehead atoms. The van der Waals surface area contributed by atoms with Crippen molar-refractivity contribution < 1.29 is 24.5 Å². The molecule has 8 aromatic rings. The summed E-state index contributed by atoms with van der Waals surface area (Å²) in [5, 5.41) is 2.20. The van der Waals surface area contributed by atoms with Gasteiger partial charge in [-0.15, -0.1) is 23.8 Å². The van der Waals surface area contributed by atoms with Gasteiger partial charge >= 0.3 is 144 Å². The van der Waals surface area contributed by atoms with E-state index in [1.807, 2.05) is 30.3 Å². The van der Waals surface area contributed by atoms with Crippen LogP contribution in [0, 0.1) is 18.1 Å². The van der Waals surface area contributed by atoms with Gasteiger partial charge in [-0.05, 0) is 41.2 Å². The number of nitrogens with zero attached hydrogens (tertiary/aromatic N) is 3. The Bertz CT molecular complexity index is 2620. The van der Waals surface area contributed by atoms with E-state index in [4.69, 9.17) is 14.4 Å². The normalized spacial score (nSPS) is 13.6. The van der Waals surface area contributed by atoms with E-state index in [0.29, 0.717) is 11.8 Å². The molecule has 1 fully saturated rings. The Morgan fingerprint density at radius 3 is 2.16 bits per heavy atom. The molecule has 0 amide bonds. The number of rotatable bonds is 8. The average molecular weight is 1000 g/mol. The predicted octanol–water partition coefficient (Wildman–Crippen LogP) is 13.9. The van der Waals surface area contributed by atoms with Crippen molar-refractivity contribution in [2.45, 2.75) is 95.3 Å². The molecule has 4 nitrogen and oxygen atoms in total. The topological polar surface area (TPSA) is 43.9 Å². The summed E-state index contributed by atoms with van der Waals surface area (Å²) in [6.45, 7) is 9.05. The van der Waals surface area contributed by atoms with E-state index in [2.05, 4.69) is 147 Å². The van der Waals surface area contributed by atoms with Crippen molar-refractivity contribution in [3.05, 3.63) is 144 Å². The van der Waals surface area contributed by atoms with Gasteiger partial charge in [0.1, 0.15) is 5.58 Å². The van der Waals surface area contributed by atoms with Crippen molar-refractivity contribution in [2.24, 2.45) is 5.92 Å². The van der Waals surface area contributed by atoms with Crippen LogP contribution < -0.4 is 4.40 Å². The van der Waals surface area contributed by atoms with E-state index < -0.39 is 13.3 Å². The second kappa shape index (κ2) is 17.9. The molecule has 58 heavy (non-hydrogen) atoms. The Labute approximate surface area is 361 Å². The van der Waals surface area contributed by atoms with E-state index in [1.165, 1.54) is 55.3 Å². The summed E-state index contributed by atoms with van der Waals surface area (Å²) in [6.07, 6.45) is 10.5. The zero-order valence-corrected chi connectivity index (χ0v) is 39.5. The quantitative estimate of drug-likeness (QED) is 0.113. The summed E-state index contributed by atoms with van der Waals surface area (Å²) in [5.74, 6) is 9.99. The molecule has 1 aliphatic rings. The molecule has 299 valence electrons. The monoisotopic (exact) mass is 1000 g/mol. The molecule has 3 aromatic heterocycles. The van der Waals surface area contributed by atoms with E-state index >= 15 is 0 Å². The van der Waals surface area contributed by atoms with Gasteiger partial charge in [-0.2, -0.15) is 0 Å². The van der Waals surface area contributed by atoms with Crippen molar-refractivity contribution in [3.63, 3.8) is 0 Å². The van der Waals surface area contributed by atoms with E-state index in [-0.39, 0.29) is 20.1 Å². The Morgan fingerprint density at radius 1 is 0.741 bits per heavy atom.